The third kappa shape index (κ3) is 1.28. The topological polar surface area (TPSA) is 39.2 Å². The Labute approximate surface area is 82.1 Å². The zero-order valence-corrected chi connectivity index (χ0v) is 8.48. The predicted octanol–water partition coefficient (Wildman–Crippen LogP) is 3.35. The van der Waals surface area contributed by atoms with Gasteiger partial charge in [0.15, 0.2) is 0 Å². The number of nitrogens with two attached hydrogens (primary N) is 1. The van der Waals surface area contributed by atoms with Crippen molar-refractivity contribution in [2.24, 2.45) is 0 Å². The van der Waals surface area contributed by atoms with Crippen LogP contribution in [0.4, 0.5) is 5.00 Å². The van der Waals surface area contributed by atoms with Crippen molar-refractivity contribution in [1.29, 1.82) is 0 Å². The van der Waals surface area contributed by atoms with Gasteiger partial charge in [-0.05, 0) is 34.1 Å². The van der Waals surface area contributed by atoms with Crippen molar-refractivity contribution in [2.75, 3.05) is 5.73 Å². The Balaban J connectivity index is 2.54. The molecule has 0 bridgehead atoms. The van der Waals surface area contributed by atoms with E-state index in [1.807, 2.05) is 18.2 Å². The van der Waals surface area contributed by atoms with Crippen LogP contribution in [0.15, 0.2) is 32.7 Å². The van der Waals surface area contributed by atoms with Gasteiger partial charge < -0.3 is 10.2 Å². The van der Waals surface area contributed by atoms with Crippen molar-refractivity contribution >= 4 is 32.3 Å². The number of hydrogen-bond acceptors (Lipinski definition) is 3. The molecule has 12 heavy (non-hydrogen) atoms. The molecule has 2 heterocycles. The third-order valence-corrected chi connectivity index (χ3v) is 3.16. The molecule has 0 aliphatic carbocycles. The molecule has 0 unspecified atom stereocenters. The van der Waals surface area contributed by atoms with Crippen molar-refractivity contribution in [1.82, 2.24) is 0 Å². The van der Waals surface area contributed by atoms with Gasteiger partial charge in [0.1, 0.15) is 5.76 Å². The van der Waals surface area contributed by atoms with Gasteiger partial charge in [-0.15, -0.1) is 11.3 Å². The molecule has 4 heteroatoms. The Kier molecular flexibility index (Phi) is 1.94. The molecule has 2 rings (SSSR count). The first-order chi connectivity index (χ1) is 5.77. The van der Waals surface area contributed by atoms with Crippen LogP contribution in [-0.4, -0.2) is 0 Å². The van der Waals surface area contributed by atoms with Crippen LogP contribution in [0.2, 0.25) is 0 Å². The van der Waals surface area contributed by atoms with Crippen LogP contribution in [0.5, 0.6) is 0 Å². The molecule has 0 radical (unpaired) electrons. The first kappa shape index (κ1) is 7.89. The largest absolute Gasteiger partial charge is 0.464 e. The molecular weight excluding hydrogens is 238 g/mol. The quantitative estimate of drug-likeness (QED) is 0.835. The number of rotatable bonds is 1. The molecule has 0 fully saturated rings. The van der Waals surface area contributed by atoms with E-state index in [2.05, 4.69) is 15.9 Å². The third-order valence-electron chi connectivity index (χ3n) is 1.49. The maximum Gasteiger partial charge on any atom is 0.135 e. The number of furan rings is 1. The number of anilines is 1. The average Bonchev–Trinajstić information content (AvgIpc) is 2.58. The highest BCUT2D eigenvalue weighted by Crippen LogP contribution is 2.37. The van der Waals surface area contributed by atoms with Gasteiger partial charge in [0.05, 0.1) is 15.1 Å². The Morgan fingerprint density at radius 3 is 2.83 bits per heavy atom. The molecule has 0 saturated heterocycles. The molecule has 2 nitrogen and oxygen atoms in total. The lowest BCUT2D eigenvalue weighted by atomic mass is 10.3. The highest BCUT2D eigenvalue weighted by Gasteiger charge is 2.08. The summed E-state index contributed by atoms with van der Waals surface area (Å²) in [6, 6.07) is 5.66. The summed E-state index contributed by atoms with van der Waals surface area (Å²) in [4.78, 5) is 0. The number of halogens is 1. The van der Waals surface area contributed by atoms with Gasteiger partial charge >= 0.3 is 0 Å². The summed E-state index contributed by atoms with van der Waals surface area (Å²) in [5, 5.41) is 0.785. The van der Waals surface area contributed by atoms with E-state index in [-0.39, 0.29) is 0 Å². The minimum atomic E-state index is 0.785. The van der Waals surface area contributed by atoms with Crippen molar-refractivity contribution in [3.63, 3.8) is 0 Å². The van der Waals surface area contributed by atoms with Crippen molar-refractivity contribution < 1.29 is 4.42 Å². The van der Waals surface area contributed by atoms with Crippen LogP contribution in [0.25, 0.3) is 11.3 Å². The Bertz CT molecular complexity index is 380. The SMILES string of the molecule is Nc1cc(-c2ccco2)c(Br)s1. The van der Waals surface area contributed by atoms with Gasteiger partial charge in [0, 0.05) is 5.56 Å². The van der Waals surface area contributed by atoms with Crippen LogP contribution in [0.3, 0.4) is 0 Å². The molecule has 0 atom stereocenters. The lowest BCUT2D eigenvalue weighted by molar-refractivity contribution is 0.582. The maximum absolute atomic E-state index is 5.63. The van der Waals surface area contributed by atoms with Gasteiger partial charge in [-0.2, -0.15) is 0 Å². The highest BCUT2D eigenvalue weighted by molar-refractivity contribution is 9.11. The smallest absolute Gasteiger partial charge is 0.135 e. The molecule has 62 valence electrons. The van der Waals surface area contributed by atoms with E-state index in [9.17, 15) is 0 Å². The van der Waals surface area contributed by atoms with Crippen LogP contribution < -0.4 is 5.73 Å². The van der Waals surface area contributed by atoms with Crippen LogP contribution in [0.1, 0.15) is 0 Å². The minimum Gasteiger partial charge on any atom is -0.464 e. The highest BCUT2D eigenvalue weighted by atomic mass is 79.9. The van der Waals surface area contributed by atoms with E-state index in [1.54, 1.807) is 6.26 Å². The molecule has 2 N–H and O–H groups in total. The van der Waals surface area contributed by atoms with Gasteiger partial charge in [0.2, 0.25) is 0 Å². The summed E-state index contributed by atoms with van der Waals surface area (Å²) >= 11 is 4.92. The molecule has 0 amide bonds. The van der Waals surface area contributed by atoms with Crippen LogP contribution in [-0.2, 0) is 0 Å². The monoisotopic (exact) mass is 243 g/mol. The first-order valence-electron chi connectivity index (χ1n) is 3.36. The van der Waals surface area contributed by atoms with E-state index >= 15 is 0 Å². The fourth-order valence-electron chi connectivity index (χ4n) is 0.987. The number of nitrogen functional groups attached to an aromatic ring is 1. The second-order valence-corrected chi connectivity index (χ2v) is 4.72. The van der Waals surface area contributed by atoms with Gasteiger partial charge in [-0.25, -0.2) is 0 Å². The van der Waals surface area contributed by atoms with E-state index in [1.165, 1.54) is 11.3 Å². The van der Waals surface area contributed by atoms with Crippen LogP contribution >= 0.6 is 27.3 Å². The van der Waals surface area contributed by atoms with E-state index in [0.29, 0.717) is 0 Å². The molecule has 0 aromatic carbocycles. The molecule has 0 spiro atoms. The van der Waals surface area contributed by atoms with E-state index in [4.69, 9.17) is 10.2 Å². The summed E-state index contributed by atoms with van der Waals surface area (Å²) in [6.07, 6.45) is 1.65. The fourth-order valence-corrected chi connectivity index (χ4v) is 2.51. The van der Waals surface area contributed by atoms with Crippen molar-refractivity contribution in [2.45, 2.75) is 0 Å². The molecule has 2 aromatic rings. The Morgan fingerprint density at radius 1 is 1.50 bits per heavy atom. The maximum atomic E-state index is 5.63. The zero-order chi connectivity index (χ0) is 8.55. The van der Waals surface area contributed by atoms with Crippen molar-refractivity contribution in [3.05, 3.63) is 28.2 Å². The summed E-state index contributed by atoms with van der Waals surface area (Å²) in [5.74, 6) is 0.842. The Morgan fingerprint density at radius 2 is 2.33 bits per heavy atom. The van der Waals surface area contributed by atoms with Crippen LogP contribution in [0, 0.1) is 0 Å². The second kappa shape index (κ2) is 2.95. The molecule has 0 aliphatic rings. The predicted molar refractivity (Wildman–Crippen MR) is 54.1 cm³/mol. The van der Waals surface area contributed by atoms with Gasteiger partial charge in [0.25, 0.3) is 0 Å². The lowest BCUT2D eigenvalue weighted by Gasteiger charge is -1.89. The van der Waals surface area contributed by atoms with Gasteiger partial charge in [-0.1, -0.05) is 0 Å². The fraction of sp³-hybridized carbons (Fsp3) is 0. The molecule has 0 saturated carbocycles. The summed E-state index contributed by atoms with van der Waals surface area (Å²) in [5.41, 5.74) is 6.65. The summed E-state index contributed by atoms with van der Waals surface area (Å²) in [7, 11) is 0. The minimum absolute atomic E-state index is 0.785. The number of thiophene rings is 1. The van der Waals surface area contributed by atoms with Crippen molar-refractivity contribution in [3.8, 4) is 11.3 Å². The second-order valence-electron chi connectivity index (χ2n) is 2.31. The molecular formula is C8H6BrNOS. The standard InChI is InChI=1S/C8H6BrNOS/c9-8-5(4-7(10)12-8)6-2-1-3-11-6/h1-4H,10H2. The van der Waals surface area contributed by atoms with Gasteiger partial charge in [-0.3, -0.25) is 0 Å². The summed E-state index contributed by atoms with van der Waals surface area (Å²) in [6.45, 7) is 0. The zero-order valence-electron chi connectivity index (χ0n) is 6.08. The lowest BCUT2D eigenvalue weighted by Crippen LogP contribution is -1.74. The number of hydrogen-bond donors (Lipinski definition) is 1. The normalized spacial score (nSPS) is 10.4. The average molecular weight is 244 g/mol. The summed E-state index contributed by atoms with van der Waals surface area (Å²) < 4.78 is 6.24. The molecule has 2 aromatic heterocycles. The Hall–Kier alpha value is -0.740. The molecule has 0 aliphatic heterocycles. The first-order valence-corrected chi connectivity index (χ1v) is 4.97. The van der Waals surface area contributed by atoms with E-state index in [0.717, 1.165) is 20.1 Å². The van der Waals surface area contributed by atoms with E-state index < -0.39 is 0 Å².